The van der Waals surface area contributed by atoms with Gasteiger partial charge in [-0.25, -0.2) is 17.6 Å². The number of amides is 1. The molecule has 0 radical (unpaired) electrons. The second kappa shape index (κ2) is 7.02. The van der Waals surface area contributed by atoms with Crippen LogP contribution in [0.4, 0.5) is 4.39 Å². The number of hydrogen-bond donors (Lipinski definition) is 1. The summed E-state index contributed by atoms with van der Waals surface area (Å²) >= 11 is 11.3. The van der Waals surface area contributed by atoms with Crippen LogP contribution >= 0.6 is 23.2 Å². The molecule has 1 fully saturated rings. The molecule has 0 aromatic heterocycles. The van der Waals surface area contributed by atoms with Crippen molar-refractivity contribution in [2.75, 3.05) is 18.1 Å². The van der Waals surface area contributed by atoms with E-state index in [0.29, 0.717) is 6.42 Å². The number of carbonyl (C=O) groups is 2. The Hall–Kier alpha value is -1.38. The van der Waals surface area contributed by atoms with Gasteiger partial charge in [-0.05, 0) is 18.6 Å². The molecule has 1 N–H and O–H groups in total. The fourth-order valence-corrected chi connectivity index (χ4v) is 4.20. The summed E-state index contributed by atoms with van der Waals surface area (Å²) in [6.07, 6.45) is 0.316. The molecular formula is C13H12Cl2FNO5S. The molecule has 2 rings (SSSR count). The highest BCUT2D eigenvalue weighted by Crippen LogP contribution is 2.24. The molecular weight excluding hydrogens is 372 g/mol. The Labute approximate surface area is 141 Å². The van der Waals surface area contributed by atoms with Gasteiger partial charge in [0.05, 0.1) is 27.1 Å². The van der Waals surface area contributed by atoms with Gasteiger partial charge in [0, 0.05) is 6.04 Å². The SMILES string of the molecule is O=C(COC(=O)c1cc(F)c(Cl)cc1Cl)N[C@H]1CCS(=O)(=O)C1. The van der Waals surface area contributed by atoms with Crippen molar-refractivity contribution in [1.82, 2.24) is 5.32 Å². The fraction of sp³-hybridized carbons (Fsp3) is 0.385. The zero-order chi connectivity index (χ0) is 17.2. The Bertz CT molecular complexity index is 753. The monoisotopic (exact) mass is 383 g/mol. The summed E-state index contributed by atoms with van der Waals surface area (Å²) in [5, 5.41) is 2.10. The van der Waals surface area contributed by atoms with Gasteiger partial charge in [-0.3, -0.25) is 4.79 Å². The van der Waals surface area contributed by atoms with Crippen LogP contribution in [-0.2, 0) is 19.4 Å². The van der Waals surface area contributed by atoms with E-state index in [1.54, 1.807) is 0 Å². The maximum atomic E-state index is 13.3. The van der Waals surface area contributed by atoms with Crippen molar-refractivity contribution >= 4 is 44.9 Å². The van der Waals surface area contributed by atoms with E-state index in [0.717, 1.165) is 12.1 Å². The van der Waals surface area contributed by atoms with Gasteiger partial charge in [0.1, 0.15) is 5.82 Å². The van der Waals surface area contributed by atoms with Crippen LogP contribution in [0.15, 0.2) is 12.1 Å². The summed E-state index contributed by atoms with van der Waals surface area (Å²) in [5.41, 5.74) is -0.259. The third-order valence-electron chi connectivity index (χ3n) is 3.16. The van der Waals surface area contributed by atoms with Crippen LogP contribution in [0.2, 0.25) is 10.0 Å². The lowest BCUT2D eigenvalue weighted by Gasteiger charge is -2.11. The molecule has 126 valence electrons. The average molecular weight is 384 g/mol. The Morgan fingerprint density at radius 2 is 2.00 bits per heavy atom. The van der Waals surface area contributed by atoms with E-state index in [9.17, 15) is 22.4 Å². The van der Waals surface area contributed by atoms with Crippen LogP contribution in [0, 0.1) is 5.82 Å². The molecule has 1 aliphatic heterocycles. The summed E-state index contributed by atoms with van der Waals surface area (Å²) in [6.45, 7) is -0.629. The Balaban J connectivity index is 1.89. The highest BCUT2D eigenvalue weighted by Gasteiger charge is 2.29. The van der Waals surface area contributed by atoms with Crippen molar-refractivity contribution in [2.45, 2.75) is 12.5 Å². The van der Waals surface area contributed by atoms with Gasteiger partial charge >= 0.3 is 5.97 Å². The van der Waals surface area contributed by atoms with E-state index in [-0.39, 0.29) is 27.1 Å². The van der Waals surface area contributed by atoms with E-state index in [4.69, 9.17) is 27.9 Å². The summed E-state index contributed by atoms with van der Waals surface area (Å²) in [7, 11) is -3.12. The van der Waals surface area contributed by atoms with E-state index >= 15 is 0 Å². The van der Waals surface area contributed by atoms with Gasteiger partial charge in [-0.15, -0.1) is 0 Å². The van der Waals surface area contributed by atoms with Gasteiger partial charge < -0.3 is 10.1 Å². The van der Waals surface area contributed by atoms with Gasteiger partial charge in [-0.2, -0.15) is 0 Å². The molecule has 1 heterocycles. The molecule has 1 aliphatic rings. The normalized spacial score (nSPS) is 19.3. The number of esters is 1. The molecule has 10 heteroatoms. The molecule has 1 aromatic carbocycles. The molecule has 1 aromatic rings. The maximum Gasteiger partial charge on any atom is 0.340 e. The number of carbonyl (C=O) groups excluding carboxylic acids is 2. The number of hydrogen-bond acceptors (Lipinski definition) is 5. The summed E-state index contributed by atoms with van der Waals surface area (Å²) < 4.78 is 40.6. The van der Waals surface area contributed by atoms with Crippen LogP contribution < -0.4 is 5.32 Å². The number of sulfone groups is 1. The van der Waals surface area contributed by atoms with E-state index in [2.05, 4.69) is 5.32 Å². The van der Waals surface area contributed by atoms with E-state index in [1.165, 1.54) is 0 Å². The number of rotatable bonds is 4. The summed E-state index contributed by atoms with van der Waals surface area (Å²) in [5.74, 6) is -2.60. The third-order valence-corrected chi connectivity index (χ3v) is 5.53. The van der Waals surface area contributed by atoms with Gasteiger partial charge in [-0.1, -0.05) is 23.2 Å². The first kappa shape index (κ1) is 18.0. The van der Waals surface area contributed by atoms with Crippen molar-refractivity contribution in [2.24, 2.45) is 0 Å². The molecule has 0 unspecified atom stereocenters. The Morgan fingerprint density at radius 3 is 2.61 bits per heavy atom. The molecule has 0 aliphatic carbocycles. The molecule has 1 amide bonds. The van der Waals surface area contributed by atoms with Gasteiger partial charge in [0.25, 0.3) is 5.91 Å². The highest BCUT2D eigenvalue weighted by molar-refractivity contribution is 7.91. The van der Waals surface area contributed by atoms with Gasteiger partial charge in [0.15, 0.2) is 16.4 Å². The average Bonchev–Trinajstić information content (AvgIpc) is 2.79. The number of benzene rings is 1. The first-order valence-electron chi connectivity index (χ1n) is 6.49. The number of ether oxygens (including phenoxy) is 1. The van der Waals surface area contributed by atoms with Crippen molar-refractivity contribution in [1.29, 1.82) is 0 Å². The van der Waals surface area contributed by atoms with Crippen molar-refractivity contribution in [3.8, 4) is 0 Å². The van der Waals surface area contributed by atoms with Crippen LogP contribution in [-0.4, -0.2) is 44.4 Å². The van der Waals surface area contributed by atoms with Crippen molar-refractivity contribution < 1.29 is 27.1 Å². The third kappa shape index (κ3) is 4.79. The van der Waals surface area contributed by atoms with Crippen LogP contribution in [0.3, 0.4) is 0 Å². The van der Waals surface area contributed by atoms with Gasteiger partial charge in [0.2, 0.25) is 0 Å². The van der Waals surface area contributed by atoms with Crippen LogP contribution in [0.25, 0.3) is 0 Å². The Morgan fingerprint density at radius 1 is 1.30 bits per heavy atom. The molecule has 23 heavy (non-hydrogen) atoms. The second-order valence-corrected chi connectivity index (χ2v) is 8.03. The standard InChI is InChI=1S/C13H12Cl2FNO5S/c14-9-4-10(15)11(16)3-8(9)13(19)22-5-12(18)17-7-1-2-23(20,21)6-7/h3-4,7H,1-2,5-6H2,(H,17,18)/t7-/m0/s1. The fourth-order valence-electron chi connectivity index (χ4n) is 2.07. The molecule has 0 spiro atoms. The lowest BCUT2D eigenvalue weighted by molar-refractivity contribution is -0.124. The molecule has 1 atom stereocenters. The highest BCUT2D eigenvalue weighted by atomic mass is 35.5. The summed E-state index contributed by atoms with van der Waals surface area (Å²) in [4.78, 5) is 23.4. The lowest BCUT2D eigenvalue weighted by Crippen LogP contribution is -2.38. The molecule has 1 saturated heterocycles. The first-order valence-corrected chi connectivity index (χ1v) is 9.07. The molecule has 0 bridgehead atoms. The van der Waals surface area contributed by atoms with E-state index < -0.39 is 40.2 Å². The van der Waals surface area contributed by atoms with Crippen molar-refractivity contribution in [3.05, 3.63) is 33.6 Å². The number of nitrogens with one attached hydrogen (secondary N) is 1. The zero-order valence-electron chi connectivity index (χ0n) is 11.6. The lowest BCUT2D eigenvalue weighted by atomic mass is 10.2. The maximum absolute atomic E-state index is 13.3. The predicted octanol–water partition coefficient (Wildman–Crippen LogP) is 1.59. The molecule has 6 nitrogen and oxygen atoms in total. The quantitative estimate of drug-likeness (QED) is 0.629. The molecule has 0 saturated carbocycles. The minimum Gasteiger partial charge on any atom is -0.452 e. The smallest absolute Gasteiger partial charge is 0.340 e. The summed E-state index contributed by atoms with van der Waals surface area (Å²) in [6, 6.07) is 1.37. The Kier molecular flexibility index (Phi) is 5.49. The van der Waals surface area contributed by atoms with E-state index in [1.807, 2.05) is 0 Å². The van der Waals surface area contributed by atoms with Crippen LogP contribution in [0.1, 0.15) is 16.8 Å². The van der Waals surface area contributed by atoms with Crippen LogP contribution in [0.5, 0.6) is 0 Å². The second-order valence-electron chi connectivity index (χ2n) is 4.99. The minimum absolute atomic E-state index is 0.0113. The largest absolute Gasteiger partial charge is 0.452 e. The minimum atomic E-state index is -3.12. The number of halogens is 3. The zero-order valence-corrected chi connectivity index (χ0v) is 14.0. The first-order chi connectivity index (χ1) is 10.7. The topological polar surface area (TPSA) is 89.5 Å². The predicted molar refractivity (Wildman–Crippen MR) is 81.9 cm³/mol. The van der Waals surface area contributed by atoms with Crippen molar-refractivity contribution in [3.63, 3.8) is 0 Å².